The molecule has 1 atom stereocenters. The predicted octanol–water partition coefficient (Wildman–Crippen LogP) is 2.80. The van der Waals surface area contributed by atoms with Gasteiger partial charge >= 0.3 is 0 Å². The molecule has 1 unspecified atom stereocenters. The van der Waals surface area contributed by atoms with Gasteiger partial charge in [0.1, 0.15) is 0 Å². The van der Waals surface area contributed by atoms with Crippen molar-refractivity contribution in [3.63, 3.8) is 0 Å². The van der Waals surface area contributed by atoms with Crippen LogP contribution < -0.4 is 10.2 Å². The molecule has 1 aromatic carbocycles. The fourth-order valence-electron chi connectivity index (χ4n) is 3.14. The second-order valence-electron chi connectivity index (χ2n) is 5.57. The fraction of sp³-hybridized carbons (Fsp3) is 0.471. The minimum Gasteiger partial charge on any atom is -0.372 e. The summed E-state index contributed by atoms with van der Waals surface area (Å²) in [7, 11) is 0. The lowest BCUT2D eigenvalue weighted by molar-refractivity contribution is 0.713. The Kier molecular flexibility index (Phi) is 4.25. The zero-order valence-electron chi connectivity index (χ0n) is 12.9. The predicted molar refractivity (Wildman–Crippen MR) is 87.4 cm³/mol. The second-order valence-corrected chi connectivity index (χ2v) is 5.57. The molecule has 1 N–H and O–H groups in total. The molecule has 2 aromatic rings. The number of nitrogens with zero attached hydrogens (tertiary/aromatic N) is 3. The molecule has 0 spiro atoms. The van der Waals surface area contributed by atoms with Gasteiger partial charge in [0.15, 0.2) is 0 Å². The summed E-state index contributed by atoms with van der Waals surface area (Å²) in [5.74, 6) is 0.579. The molecule has 0 saturated carbocycles. The Bertz CT molecular complexity index is 563. The second kappa shape index (κ2) is 6.31. The standard InChI is InChI=1S/C17H24N4/c1-3-20(4-2)15-5-7-16(8-6-15)21-13-19-12-17(21)14-9-10-18-11-14/h5-8,12-14,18H,3-4,9-11H2,1-2H3. The van der Waals surface area contributed by atoms with E-state index in [1.165, 1.54) is 23.5 Å². The fourth-order valence-corrected chi connectivity index (χ4v) is 3.14. The molecule has 21 heavy (non-hydrogen) atoms. The first kappa shape index (κ1) is 14.1. The summed E-state index contributed by atoms with van der Waals surface area (Å²) in [5, 5.41) is 3.43. The van der Waals surface area contributed by atoms with E-state index < -0.39 is 0 Å². The average molecular weight is 284 g/mol. The number of anilines is 1. The SMILES string of the molecule is CCN(CC)c1ccc(-n2cncc2C2CCNC2)cc1. The summed E-state index contributed by atoms with van der Waals surface area (Å²) in [6.07, 6.45) is 5.14. The minimum atomic E-state index is 0.579. The maximum absolute atomic E-state index is 4.36. The van der Waals surface area contributed by atoms with E-state index in [1.54, 1.807) is 0 Å². The average Bonchev–Trinajstić information content (AvgIpc) is 3.20. The van der Waals surface area contributed by atoms with Gasteiger partial charge in [0, 0.05) is 48.8 Å². The van der Waals surface area contributed by atoms with Crippen LogP contribution in [-0.2, 0) is 0 Å². The van der Waals surface area contributed by atoms with Gasteiger partial charge in [0.05, 0.1) is 6.33 Å². The molecule has 0 bridgehead atoms. The zero-order chi connectivity index (χ0) is 14.7. The molecule has 1 aliphatic heterocycles. The van der Waals surface area contributed by atoms with Crippen LogP contribution in [0.5, 0.6) is 0 Å². The Labute approximate surface area is 126 Å². The van der Waals surface area contributed by atoms with Crippen molar-refractivity contribution in [1.82, 2.24) is 14.9 Å². The van der Waals surface area contributed by atoms with Crippen LogP contribution in [0.15, 0.2) is 36.8 Å². The van der Waals surface area contributed by atoms with Crippen LogP contribution in [0.3, 0.4) is 0 Å². The largest absolute Gasteiger partial charge is 0.372 e. The summed E-state index contributed by atoms with van der Waals surface area (Å²) in [5.41, 5.74) is 3.80. The van der Waals surface area contributed by atoms with Crippen molar-refractivity contribution in [3.8, 4) is 5.69 Å². The molecule has 1 saturated heterocycles. The molecule has 1 aromatic heterocycles. The molecule has 4 heteroatoms. The zero-order valence-corrected chi connectivity index (χ0v) is 12.9. The monoisotopic (exact) mass is 284 g/mol. The van der Waals surface area contributed by atoms with E-state index in [4.69, 9.17) is 0 Å². The van der Waals surface area contributed by atoms with Crippen LogP contribution >= 0.6 is 0 Å². The van der Waals surface area contributed by atoms with Gasteiger partial charge < -0.3 is 14.8 Å². The Hall–Kier alpha value is -1.81. The summed E-state index contributed by atoms with van der Waals surface area (Å²) in [6, 6.07) is 8.81. The molecule has 4 nitrogen and oxygen atoms in total. The van der Waals surface area contributed by atoms with Crippen molar-refractivity contribution in [2.45, 2.75) is 26.2 Å². The van der Waals surface area contributed by atoms with Crippen LogP contribution in [-0.4, -0.2) is 35.7 Å². The van der Waals surface area contributed by atoms with E-state index in [1.807, 2.05) is 12.5 Å². The number of imidazole rings is 1. The van der Waals surface area contributed by atoms with Crippen molar-refractivity contribution in [3.05, 3.63) is 42.5 Å². The van der Waals surface area contributed by atoms with Crippen LogP contribution in [0, 0.1) is 0 Å². The van der Waals surface area contributed by atoms with Crippen molar-refractivity contribution in [1.29, 1.82) is 0 Å². The van der Waals surface area contributed by atoms with Gasteiger partial charge in [0.25, 0.3) is 0 Å². The first-order valence-corrected chi connectivity index (χ1v) is 7.91. The minimum absolute atomic E-state index is 0.579. The molecule has 1 aliphatic rings. The smallest absolute Gasteiger partial charge is 0.0994 e. The van der Waals surface area contributed by atoms with E-state index in [2.05, 4.69) is 57.9 Å². The van der Waals surface area contributed by atoms with Gasteiger partial charge in [-0.25, -0.2) is 4.98 Å². The molecule has 0 amide bonds. The lowest BCUT2D eigenvalue weighted by atomic mass is 10.1. The molecule has 0 aliphatic carbocycles. The van der Waals surface area contributed by atoms with E-state index in [0.717, 1.165) is 26.2 Å². The highest BCUT2D eigenvalue weighted by atomic mass is 15.1. The van der Waals surface area contributed by atoms with Crippen molar-refractivity contribution in [2.75, 3.05) is 31.1 Å². The Morgan fingerprint density at radius 2 is 2.00 bits per heavy atom. The van der Waals surface area contributed by atoms with Gasteiger partial charge in [-0.3, -0.25) is 0 Å². The van der Waals surface area contributed by atoms with Gasteiger partial charge in [-0.15, -0.1) is 0 Å². The third kappa shape index (κ3) is 2.81. The molecular formula is C17H24N4. The number of hydrogen-bond donors (Lipinski definition) is 1. The Balaban J connectivity index is 1.86. The maximum atomic E-state index is 4.36. The first-order valence-electron chi connectivity index (χ1n) is 7.91. The summed E-state index contributed by atoms with van der Waals surface area (Å²) < 4.78 is 2.23. The molecule has 3 rings (SSSR count). The third-order valence-corrected chi connectivity index (χ3v) is 4.40. The number of benzene rings is 1. The number of rotatable bonds is 5. The molecule has 0 radical (unpaired) electrons. The molecular weight excluding hydrogens is 260 g/mol. The normalized spacial score (nSPS) is 18.1. The van der Waals surface area contributed by atoms with Crippen LogP contribution in [0.2, 0.25) is 0 Å². The summed E-state index contributed by atoms with van der Waals surface area (Å²) in [4.78, 5) is 6.72. The quantitative estimate of drug-likeness (QED) is 0.916. The molecule has 1 fully saturated rings. The van der Waals surface area contributed by atoms with Crippen molar-refractivity contribution < 1.29 is 0 Å². The van der Waals surface area contributed by atoms with Crippen LogP contribution in [0.4, 0.5) is 5.69 Å². The highest BCUT2D eigenvalue weighted by molar-refractivity contribution is 5.51. The lowest BCUT2D eigenvalue weighted by Crippen LogP contribution is -2.21. The van der Waals surface area contributed by atoms with Crippen LogP contribution in [0.1, 0.15) is 31.9 Å². The van der Waals surface area contributed by atoms with E-state index >= 15 is 0 Å². The number of nitrogens with one attached hydrogen (secondary N) is 1. The van der Waals surface area contributed by atoms with Crippen molar-refractivity contribution in [2.24, 2.45) is 0 Å². The lowest BCUT2D eigenvalue weighted by Gasteiger charge is -2.21. The maximum Gasteiger partial charge on any atom is 0.0994 e. The highest BCUT2D eigenvalue weighted by Gasteiger charge is 2.20. The molecule has 112 valence electrons. The summed E-state index contributed by atoms with van der Waals surface area (Å²) >= 11 is 0. The van der Waals surface area contributed by atoms with Crippen LogP contribution in [0.25, 0.3) is 5.69 Å². The molecule has 2 heterocycles. The third-order valence-electron chi connectivity index (χ3n) is 4.40. The van der Waals surface area contributed by atoms with Gasteiger partial charge in [-0.05, 0) is 51.1 Å². The van der Waals surface area contributed by atoms with Gasteiger partial charge in [-0.1, -0.05) is 0 Å². The Morgan fingerprint density at radius 1 is 1.24 bits per heavy atom. The summed E-state index contributed by atoms with van der Waals surface area (Å²) in [6.45, 7) is 8.64. The number of hydrogen-bond acceptors (Lipinski definition) is 3. The van der Waals surface area contributed by atoms with Crippen molar-refractivity contribution >= 4 is 5.69 Å². The van der Waals surface area contributed by atoms with E-state index in [-0.39, 0.29) is 0 Å². The number of aromatic nitrogens is 2. The van der Waals surface area contributed by atoms with Gasteiger partial charge in [0.2, 0.25) is 0 Å². The van der Waals surface area contributed by atoms with Gasteiger partial charge in [-0.2, -0.15) is 0 Å². The topological polar surface area (TPSA) is 33.1 Å². The first-order chi connectivity index (χ1) is 10.3. The van der Waals surface area contributed by atoms with E-state index in [0.29, 0.717) is 5.92 Å². The Morgan fingerprint density at radius 3 is 2.62 bits per heavy atom. The highest BCUT2D eigenvalue weighted by Crippen LogP contribution is 2.25. The van der Waals surface area contributed by atoms with E-state index in [9.17, 15) is 0 Å².